The van der Waals surface area contributed by atoms with Gasteiger partial charge in [0.1, 0.15) is 13.3 Å². The van der Waals surface area contributed by atoms with Gasteiger partial charge in [-0.25, -0.2) is 17.4 Å². The van der Waals surface area contributed by atoms with Crippen LogP contribution in [0.3, 0.4) is 0 Å². The van der Waals surface area contributed by atoms with E-state index in [0.29, 0.717) is 25.1 Å². The maximum Gasteiger partial charge on any atom is 0.411 e. The number of sulfonamides is 1. The highest BCUT2D eigenvalue weighted by atomic mass is 32.2. The Balaban J connectivity index is 1.86. The monoisotopic (exact) mass is 384 g/mol. The van der Waals surface area contributed by atoms with E-state index in [9.17, 15) is 26.4 Å². The van der Waals surface area contributed by atoms with Gasteiger partial charge in [-0.05, 0) is 12.8 Å². The van der Waals surface area contributed by atoms with E-state index in [1.54, 1.807) is 0 Å². The minimum Gasteiger partial charge on any atom is -0.350 e. The van der Waals surface area contributed by atoms with Crippen molar-refractivity contribution in [3.05, 3.63) is 12.4 Å². The van der Waals surface area contributed by atoms with Crippen molar-refractivity contribution in [3.8, 4) is 0 Å². The van der Waals surface area contributed by atoms with Gasteiger partial charge in [0.2, 0.25) is 15.9 Å². The normalized spacial score (nSPS) is 19.8. The number of rotatable bonds is 6. The quantitative estimate of drug-likeness (QED) is 0.791. The van der Waals surface area contributed by atoms with Crippen LogP contribution < -0.4 is 5.32 Å². The SMILES string of the molecule is CS(=O)(=O)N1CCC[C@H](C(=O)Nc2cnn(COCC(F)(F)F)c2)C1. The van der Waals surface area contributed by atoms with E-state index >= 15 is 0 Å². The van der Waals surface area contributed by atoms with Crippen LogP contribution in [-0.4, -0.2) is 60.5 Å². The van der Waals surface area contributed by atoms with Crippen LogP contribution in [0.15, 0.2) is 12.4 Å². The number of amides is 1. The second kappa shape index (κ2) is 7.70. The van der Waals surface area contributed by atoms with Crippen LogP contribution in [0.1, 0.15) is 12.8 Å². The van der Waals surface area contributed by atoms with E-state index in [-0.39, 0.29) is 12.5 Å². The molecule has 0 bridgehead atoms. The predicted octanol–water partition coefficient (Wildman–Crippen LogP) is 1.03. The molecule has 0 aromatic carbocycles. The summed E-state index contributed by atoms with van der Waals surface area (Å²) in [5, 5.41) is 6.38. The van der Waals surface area contributed by atoms with Gasteiger partial charge in [-0.15, -0.1) is 0 Å². The largest absolute Gasteiger partial charge is 0.411 e. The Bertz CT molecular complexity index is 704. The Labute approximate surface area is 143 Å². The molecule has 0 aliphatic carbocycles. The van der Waals surface area contributed by atoms with E-state index < -0.39 is 35.5 Å². The molecule has 1 fully saturated rings. The summed E-state index contributed by atoms with van der Waals surface area (Å²) >= 11 is 0. The first-order valence-corrected chi connectivity index (χ1v) is 9.32. The van der Waals surface area contributed by atoms with Crippen molar-refractivity contribution in [1.82, 2.24) is 14.1 Å². The number of piperidine rings is 1. The van der Waals surface area contributed by atoms with Gasteiger partial charge in [0.25, 0.3) is 0 Å². The Morgan fingerprint density at radius 3 is 2.84 bits per heavy atom. The summed E-state index contributed by atoms with van der Waals surface area (Å²) in [6.07, 6.45) is 0.433. The summed E-state index contributed by atoms with van der Waals surface area (Å²) in [5.74, 6) is -0.850. The van der Waals surface area contributed by atoms with Crippen LogP contribution >= 0.6 is 0 Å². The number of alkyl halides is 3. The molecule has 1 N–H and O–H groups in total. The molecule has 0 spiro atoms. The molecule has 142 valence electrons. The number of anilines is 1. The third-order valence-electron chi connectivity index (χ3n) is 3.61. The van der Waals surface area contributed by atoms with Crippen molar-refractivity contribution in [3.63, 3.8) is 0 Å². The molecule has 0 unspecified atom stereocenters. The average molecular weight is 384 g/mol. The standard InChI is InChI=1S/C13H19F3N4O4S/c1-25(22,23)20-4-2-3-10(6-20)12(21)18-11-5-17-19(7-11)9-24-8-13(14,15)16/h5,7,10H,2-4,6,8-9H2,1H3,(H,18,21)/t10-/m0/s1. The lowest BCUT2D eigenvalue weighted by atomic mass is 9.99. The molecule has 1 saturated heterocycles. The Morgan fingerprint density at radius 2 is 2.20 bits per heavy atom. The molecular weight excluding hydrogens is 365 g/mol. The number of nitrogens with one attached hydrogen (secondary N) is 1. The molecule has 12 heteroatoms. The van der Waals surface area contributed by atoms with Crippen LogP contribution in [0, 0.1) is 5.92 Å². The number of nitrogens with zero attached hydrogens (tertiary/aromatic N) is 3. The number of hydrogen-bond acceptors (Lipinski definition) is 5. The van der Waals surface area contributed by atoms with Gasteiger partial charge in [-0.1, -0.05) is 0 Å². The maximum atomic E-state index is 12.2. The highest BCUT2D eigenvalue weighted by Crippen LogP contribution is 2.20. The molecule has 1 aromatic heterocycles. The molecule has 8 nitrogen and oxygen atoms in total. The molecule has 1 amide bonds. The first kappa shape index (κ1) is 19.7. The summed E-state index contributed by atoms with van der Waals surface area (Å²) in [6.45, 7) is -1.30. The Hall–Kier alpha value is -1.66. The zero-order chi connectivity index (χ0) is 18.7. The minimum absolute atomic E-state index is 0.105. The first-order chi connectivity index (χ1) is 11.5. The topological polar surface area (TPSA) is 93.5 Å². The molecule has 25 heavy (non-hydrogen) atoms. The number of carbonyl (C=O) groups is 1. The summed E-state index contributed by atoms with van der Waals surface area (Å²) in [7, 11) is -3.35. The number of hydrogen-bond donors (Lipinski definition) is 1. The second-order valence-electron chi connectivity index (χ2n) is 5.81. The van der Waals surface area contributed by atoms with Crippen LogP contribution in [0.25, 0.3) is 0 Å². The predicted molar refractivity (Wildman–Crippen MR) is 82.0 cm³/mol. The van der Waals surface area contributed by atoms with Crippen LogP contribution in [0.5, 0.6) is 0 Å². The molecule has 1 aliphatic heterocycles. The highest BCUT2D eigenvalue weighted by molar-refractivity contribution is 7.88. The summed E-state index contributed by atoms with van der Waals surface area (Å²) in [5.41, 5.74) is 0.303. The lowest BCUT2D eigenvalue weighted by Crippen LogP contribution is -2.43. The zero-order valence-corrected chi connectivity index (χ0v) is 14.3. The number of halogens is 3. The molecule has 2 rings (SSSR count). The summed E-state index contributed by atoms with van der Waals surface area (Å²) in [6, 6.07) is 0. The molecule has 0 saturated carbocycles. The van der Waals surface area contributed by atoms with Crippen LogP contribution in [-0.2, 0) is 26.3 Å². The second-order valence-corrected chi connectivity index (χ2v) is 7.79. The van der Waals surface area contributed by atoms with E-state index in [0.717, 1.165) is 10.9 Å². The molecule has 2 heterocycles. The minimum atomic E-state index is -4.42. The Morgan fingerprint density at radius 1 is 1.48 bits per heavy atom. The molecule has 1 aromatic rings. The fourth-order valence-corrected chi connectivity index (χ4v) is 3.37. The van der Waals surface area contributed by atoms with Crippen molar-refractivity contribution in [2.75, 3.05) is 31.3 Å². The van der Waals surface area contributed by atoms with E-state index in [2.05, 4.69) is 15.2 Å². The third kappa shape index (κ3) is 6.29. The van der Waals surface area contributed by atoms with Gasteiger partial charge < -0.3 is 10.1 Å². The van der Waals surface area contributed by atoms with Gasteiger partial charge in [0.05, 0.1) is 30.3 Å². The smallest absolute Gasteiger partial charge is 0.350 e. The van der Waals surface area contributed by atoms with E-state index in [1.807, 2.05) is 0 Å². The van der Waals surface area contributed by atoms with Gasteiger partial charge in [0.15, 0.2) is 0 Å². The lowest BCUT2D eigenvalue weighted by molar-refractivity contribution is -0.182. The summed E-state index contributed by atoms with van der Waals surface area (Å²) < 4.78 is 66.0. The molecular formula is C13H19F3N4O4S. The van der Waals surface area contributed by atoms with Gasteiger partial charge >= 0.3 is 6.18 Å². The first-order valence-electron chi connectivity index (χ1n) is 7.47. The highest BCUT2D eigenvalue weighted by Gasteiger charge is 2.30. The zero-order valence-electron chi connectivity index (χ0n) is 13.5. The fourth-order valence-electron chi connectivity index (χ4n) is 2.46. The summed E-state index contributed by atoms with van der Waals surface area (Å²) in [4.78, 5) is 12.2. The van der Waals surface area contributed by atoms with Gasteiger partial charge in [-0.3, -0.25) is 4.79 Å². The fraction of sp³-hybridized carbons (Fsp3) is 0.692. The molecule has 0 radical (unpaired) electrons. The van der Waals surface area contributed by atoms with Crippen molar-refractivity contribution in [2.24, 2.45) is 5.92 Å². The number of ether oxygens (including phenoxy) is 1. The van der Waals surface area contributed by atoms with Crippen molar-refractivity contribution in [2.45, 2.75) is 25.7 Å². The van der Waals surface area contributed by atoms with E-state index in [4.69, 9.17) is 0 Å². The van der Waals surface area contributed by atoms with E-state index in [1.165, 1.54) is 16.7 Å². The lowest BCUT2D eigenvalue weighted by Gasteiger charge is -2.29. The van der Waals surface area contributed by atoms with Gasteiger partial charge in [-0.2, -0.15) is 18.3 Å². The van der Waals surface area contributed by atoms with Crippen molar-refractivity contribution < 1.29 is 31.1 Å². The Kier molecular flexibility index (Phi) is 6.06. The molecule has 1 aliphatic rings. The number of aromatic nitrogens is 2. The van der Waals surface area contributed by atoms with Crippen LogP contribution in [0.2, 0.25) is 0 Å². The maximum absolute atomic E-state index is 12.2. The van der Waals surface area contributed by atoms with Gasteiger partial charge in [0, 0.05) is 13.1 Å². The average Bonchev–Trinajstić information content (AvgIpc) is 2.92. The van der Waals surface area contributed by atoms with Crippen molar-refractivity contribution >= 4 is 21.6 Å². The third-order valence-corrected chi connectivity index (χ3v) is 4.88. The molecule has 1 atom stereocenters. The number of carbonyl (C=O) groups excluding carboxylic acids is 1. The van der Waals surface area contributed by atoms with Crippen LogP contribution in [0.4, 0.5) is 18.9 Å². The van der Waals surface area contributed by atoms with Crippen molar-refractivity contribution in [1.29, 1.82) is 0 Å².